The third-order valence-electron chi connectivity index (χ3n) is 2.40. The molecule has 0 radical (unpaired) electrons. The molecule has 0 saturated heterocycles. The Hall–Kier alpha value is -0.800. The van der Waals surface area contributed by atoms with Gasteiger partial charge in [-0.15, -0.1) is 0 Å². The Morgan fingerprint density at radius 2 is 2.14 bits per heavy atom. The van der Waals surface area contributed by atoms with Crippen LogP contribution >= 0.6 is 0 Å². The van der Waals surface area contributed by atoms with E-state index < -0.39 is 0 Å². The molecule has 0 unspecified atom stereocenters. The van der Waals surface area contributed by atoms with Crippen molar-refractivity contribution < 1.29 is 9.52 Å². The first-order valence-electron chi connectivity index (χ1n) is 5.06. The summed E-state index contributed by atoms with van der Waals surface area (Å²) in [5.41, 5.74) is 1.22. The molecule has 1 N–H and O–H groups in total. The Kier molecular flexibility index (Phi) is 4.17. The van der Waals surface area contributed by atoms with Crippen LogP contribution in [0.5, 0.6) is 0 Å². The summed E-state index contributed by atoms with van der Waals surface area (Å²) in [5.74, 6) is 1.94. The van der Waals surface area contributed by atoms with Crippen molar-refractivity contribution >= 4 is 0 Å². The molecule has 0 aliphatic rings. The van der Waals surface area contributed by atoms with E-state index in [0.29, 0.717) is 0 Å². The van der Waals surface area contributed by atoms with Crippen LogP contribution in [0.2, 0.25) is 0 Å². The molecular weight excluding hydrogens is 178 g/mol. The van der Waals surface area contributed by atoms with Crippen LogP contribution in [-0.2, 0) is 6.54 Å². The smallest absolute Gasteiger partial charge is 0.105 e. The van der Waals surface area contributed by atoms with Crippen LogP contribution in [0.25, 0.3) is 0 Å². The second-order valence-corrected chi connectivity index (χ2v) is 3.53. The Morgan fingerprint density at radius 3 is 2.57 bits per heavy atom. The summed E-state index contributed by atoms with van der Waals surface area (Å²) in [4.78, 5) is 2.19. The van der Waals surface area contributed by atoms with E-state index >= 15 is 0 Å². The average Bonchev–Trinajstić information content (AvgIpc) is 2.44. The lowest BCUT2D eigenvalue weighted by Crippen LogP contribution is -2.26. The van der Waals surface area contributed by atoms with Crippen LogP contribution in [0.1, 0.15) is 24.0 Å². The molecule has 1 heterocycles. The molecule has 1 rings (SSSR count). The molecule has 0 saturated carbocycles. The van der Waals surface area contributed by atoms with Gasteiger partial charge in [0.25, 0.3) is 0 Å². The van der Waals surface area contributed by atoms with Gasteiger partial charge >= 0.3 is 0 Å². The maximum absolute atomic E-state index is 8.86. The number of rotatable bonds is 5. The Labute approximate surface area is 85.3 Å². The number of hydrogen-bond donors (Lipinski definition) is 1. The Morgan fingerprint density at radius 1 is 1.43 bits per heavy atom. The number of likely N-dealkylation sites (N-methyl/N-ethyl adjacent to an activating group) is 1. The molecule has 0 bridgehead atoms. The van der Waals surface area contributed by atoms with Gasteiger partial charge in [0.15, 0.2) is 0 Å². The molecule has 0 aromatic carbocycles. The van der Waals surface area contributed by atoms with Crippen LogP contribution in [0.3, 0.4) is 0 Å². The highest BCUT2D eigenvalue weighted by Crippen LogP contribution is 2.15. The van der Waals surface area contributed by atoms with Gasteiger partial charge in [-0.25, -0.2) is 0 Å². The van der Waals surface area contributed by atoms with E-state index in [2.05, 4.69) is 17.9 Å². The molecule has 0 aliphatic carbocycles. The monoisotopic (exact) mass is 197 g/mol. The standard InChI is InChI=1S/C11H19NO2/c1-4-12(5-6-13)8-11-7-9(2)14-10(11)3/h7,13H,4-6,8H2,1-3H3. The fraction of sp³-hybridized carbons (Fsp3) is 0.636. The molecule has 0 aliphatic heterocycles. The SMILES string of the molecule is CCN(CCO)Cc1cc(C)oc1C. The van der Waals surface area contributed by atoms with Crippen molar-refractivity contribution in [1.29, 1.82) is 0 Å². The predicted molar refractivity (Wildman–Crippen MR) is 56.2 cm³/mol. The van der Waals surface area contributed by atoms with E-state index in [1.165, 1.54) is 5.56 Å². The van der Waals surface area contributed by atoms with Crippen molar-refractivity contribution in [3.63, 3.8) is 0 Å². The summed E-state index contributed by atoms with van der Waals surface area (Å²) in [7, 11) is 0. The van der Waals surface area contributed by atoms with Crippen molar-refractivity contribution in [1.82, 2.24) is 4.90 Å². The fourth-order valence-corrected chi connectivity index (χ4v) is 1.57. The fourth-order valence-electron chi connectivity index (χ4n) is 1.57. The van der Waals surface area contributed by atoms with Crippen molar-refractivity contribution in [3.05, 3.63) is 23.2 Å². The van der Waals surface area contributed by atoms with Gasteiger partial charge in [0.1, 0.15) is 11.5 Å². The van der Waals surface area contributed by atoms with E-state index in [1.54, 1.807) is 0 Å². The number of aliphatic hydroxyl groups excluding tert-OH is 1. The van der Waals surface area contributed by atoms with Crippen molar-refractivity contribution in [2.24, 2.45) is 0 Å². The molecule has 80 valence electrons. The van der Waals surface area contributed by atoms with Crippen molar-refractivity contribution in [2.75, 3.05) is 19.7 Å². The minimum Gasteiger partial charge on any atom is -0.466 e. The van der Waals surface area contributed by atoms with Gasteiger partial charge in [-0.1, -0.05) is 6.92 Å². The van der Waals surface area contributed by atoms with Crippen LogP contribution in [-0.4, -0.2) is 29.7 Å². The van der Waals surface area contributed by atoms with Crippen LogP contribution < -0.4 is 0 Å². The molecule has 0 spiro atoms. The van der Waals surface area contributed by atoms with Gasteiger partial charge in [0, 0.05) is 18.7 Å². The average molecular weight is 197 g/mol. The van der Waals surface area contributed by atoms with Crippen LogP contribution in [0.15, 0.2) is 10.5 Å². The van der Waals surface area contributed by atoms with Crippen LogP contribution in [0, 0.1) is 13.8 Å². The van der Waals surface area contributed by atoms with Gasteiger partial charge < -0.3 is 9.52 Å². The zero-order valence-corrected chi connectivity index (χ0v) is 9.21. The summed E-state index contributed by atoms with van der Waals surface area (Å²) in [5, 5.41) is 8.86. The normalized spacial score (nSPS) is 11.2. The molecule has 3 nitrogen and oxygen atoms in total. The maximum Gasteiger partial charge on any atom is 0.105 e. The molecular formula is C11H19NO2. The second-order valence-electron chi connectivity index (χ2n) is 3.53. The molecule has 3 heteroatoms. The summed E-state index contributed by atoms with van der Waals surface area (Å²) < 4.78 is 5.45. The summed E-state index contributed by atoms with van der Waals surface area (Å²) in [6, 6.07) is 2.06. The minimum atomic E-state index is 0.212. The van der Waals surface area contributed by atoms with E-state index in [-0.39, 0.29) is 6.61 Å². The maximum atomic E-state index is 8.86. The minimum absolute atomic E-state index is 0.212. The molecule has 0 amide bonds. The van der Waals surface area contributed by atoms with Gasteiger partial charge in [0.05, 0.1) is 6.61 Å². The van der Waals surface area contributed by atoms with E-state index in [0.717, 1.165) is 31.2 Å². The first kappa shape index (κ1) is 11.3. The second kappa shape index (κ2) is 5.17. The van der Waals surface area contributed by atoms with Gasteiger partial charge in [-0.3, -0.25) is 4.90 Å². The quantitative estimate of drug-likeness (QED) is 0.780. The molecule has 1 aromatic heterocycles. The molecule has 0 fully saturated rings. The van der Waals surface area contributed by atoms with Crippen molar-refractivity contribution in [3.8, 4) is 0 Å². The van der Waals surface area contributed by atoms with E-state index in [9.17, 15) is 0 Å². The summed E-state index contributed by atoms with van der Waals surface area (Å²) >= 11 is 0. The lowest BCUT2D eigenvalue weighted by atomic mass is 10.2. The number of furan rings is 1. The molecule has 1 aromatic rings. The number of aryl methyl sites for hydroxylation is 2. The highest BCUT2D eigenvalue weighted by Gasteiger charge is 2.08. The number of hydrogen-bond acceptors (Lipinski definition) is 3. The first-order valence-corrected chi connectivity index (χ1v) is 5.06. The highest BCUT2D eigenvalue weighted by atomic mass is 16.3. The lowest BCUT2D eigenvalue weighted by Gasteiger charge is -2.18. The Bertz CT molecular complexity index is 281. The zero-order chi connectivity index (χ0) is 10.6. The molecule has 14 heavy (non-hydrogen) atoms. The predicted octanol–water partition coefficient (Wildman–Crippen LogP) is 1.71. The lowest BCUT2D eigenvalue weighted by molar-refractivity contribution is 0.196. The molecule has 0 atom stereocenters. The van der Waals surface area contributed by atoms with Gasteiger partial charge in [-0.2, -0.15) is 0 Å². The van der Waals surface area contributed by atoms with Crippen LogP contribution in [0.4, 0.5) is 0 Å². The number of nitrogens with zero attached hydrogens (tertiary/aromatic N) is 1. The summed E-state index contributed by atoms with van der Waals surface area (Å²) in [6.07, 6.45) is 0. The highest BCUT2D eigenvalue weighted by molar-refractivity contribution is 5.19. The van der Waals surface area contributed by atoms with Gasteiger partial charge in [-0.05, 0) is 26.5 Å². The largest absolute Gasteiger partial charge is 0.466 e. The van der Waals surface area contributed by atoms with Gasteiger partial charge in [0.2, 0.25) is 0 Å². The van der Waals surface area contributed by atoms with Crippen molar-refractivity contribution in [2.45, 2.75) is 27.3 Å². The topological polar surface area (TPSA) is 36.6 Å². The van der Waals surface area contributed by atoms with E-state index in [1.807, 2.05) is 13.8 Å². The number of aliphatic hydroxyl groups is 1. The third-order valence-corrected chi connectivity index (χ3v) is 2.40. The van der Waals surface area contributed by atoms with E-state index in [4.69, 9.17) is 9.52 Å². The zero-order valence-electron chi connectivity index (χ0n) is 9.21. The summed E-state index contributed by atoms with van der Waals surface area (Å²) in [6.45, 7) is 8.78. The first-order chi connectivity index (χ1) is 6.67. The Balaban J connectivity index is 2.61. The third kappa shape index (κ3) is 2.86.